The molecule has 0 saturated heterocycles. The first-order chi connectivity index (χ1) is 8.41. The summed E-state index contributed by atoms with van der Waals surface area (Å²) >= 11 is 0. The van der Waals surface area contributed by atoms with Crippen LogP contribution in [0.3, 0.4) is 0 Å². The van der Waals surface area contributed by atoms with Crippen LogP contribution in [-0.4, -0.2) is 45.9 Å². The van der Waals surface area contributed by atoms with Gasteiger partial charge < -0.3 is 10.1 Å². The van der Waals surface area contributed by atoms with Gasteiger partial charge in [-0.15, -0.1) is 0 Å². The van der Waals surface area contributed by atoms with E-state index in [2.05, 4.69) is 10.0 Å². The van der Waals surface area contributed by atoms with Crippen molar-refractivity contribution in [2.45, 2.75) is 32.8 Å². The molecular formula is C11H22N2O4S. The monoisotopic (exact) mass is 278 g/mol. The molecule has 0 radical (unpaired) electrons. The van der Waals surface area contributed by atoms with E-state index in [0.717, 1.165) is 12.8 Å². The van der Waals surface area contributed by atoms with Crippen molar-refractivity contribution in [2.24, 2.45) is 5.92 Å². The summed E-state index contributed by atoms with van der Waals surface area (Å²) in [6.07, 6.45) is 1.92. The summed E-state index contributed by atoms with van der Waals surface area (Å²) in [6.45, 7) is 4.45. The summed E-state index contributed by atoms with van der Waals surface area (Å²) in [4.78, 5) is 11.3. The number of sulfonamides is 1. The summed E-state index contributed by atoms with van der Waals surface area (Å²) < 4.78 is 30.6. The van der Waals surface area contributed by atoms with Crippen LogP contribution in [0, 0.1) is 5.92 Å². The minimum Gasteiger partial charge on any atom is -0.378 e. The first kappa shape index (κ1) is 15.4. The molecule has 1 aliphatic carbocycles. The molecule has 0 aromatic heterocycles. The molecule has 0 aromatic rings. The molecule has 1 saturated carbocycles. The second-order valence-corrected chi connectivity index (χ2v) is 6.62. The van der Waals surface area contributed by atoms with Crippen molar-refractivity contribution in [3.8, 4) is 0 Å². The topological polar surface area (TPSA) is 84.5 Å². The number of hydrogen-bond donors (Lipinski definition) is 2. The van der Waals surface area contributed by atoms with Crippen LogP contribution >= 0.6 is 0 Å². The predicted octanol–water partition coefficient (Wildman–Crippen LogP) is -0.143. The van der Waals surface area contributed by atoms with Gasteiger partial charge in [-0.1, -0.05) is 0 Å². The van der Waals surface area contributed by atoms with Crippen molar-refractivity contribution in [3.63, 3.8) is 0 Å². The number of rotatable bonds is 9. The molecule has 0 heterocycles. The van der Waals surface area contributed by atoms with Gasteiger partial charge in [-0.2, -0.15) is 0 Å². The fourth-order valence-electron chi connectivity index (χ4n) is 1.35. The number of carbonyl (C=O) groups excluding carboxylic acids is 1. The summed E-state index contributed by atoms with van der Waals surface area (Å²) in [5.74, 6) is 0.125. The third-order valence-electron chi connectivity index (χ3n) is 2.50. The minimum atomic E-state index is -3.31. The van der Waals surface area contributed by atoms with Gasteiger partial charge in [0.2, 0.25) is 15.9 Å². The molecule has 0 aromatic carbocycles. The Morgan fingerprint density at radius 1 is 1.33 bits per heavy atom. The lowest BCUT2D eigenvalue weighted by Crippen LogP contribution is -2.37. The van der Waals surface area contributed by atoms with Crippen LogP contribution in [0.5, 0.6) is 0 Å². The normalized spacial score (nSPS) is 15.9. The minimum absolute atomic E-state index is 0.0253. The van der Waals surface area contributed by atoms with Crippen LogP contribution in [-0.2, 0) is 19.6 Å². The molecule has 6 nitrogen and oxygen atoms in total. The first-order valence-corrected chi connectivity index (χ1v) is 7.92. The maximum atomic E-state index is 11.5. The van der Waals surface area contributed by atoms with E-state index >= 15 is 0 Å². The van der Waals surface area contributed by atoms with Gasteiger partial charge in [-0.25, -0.2) is 13.1 Å². The van der Waals surface area contributed by atoms with Crippen molar-refractivity contribution in [3.05, 3.63) is 0 Å². The highest BCUT2D eigenvalue weighted by Gasteiger charge is 2.29. The zero-order chi connectivity index (χ0) is 13.6. The van der Waals surface area contributed by atoms with Gasteiger partial charge in [0.05, 0.1) is 18.5 Å². The highest BCUT2D eigenvalue weighted by molar-refractivity contribution is 7.89. The lowest BCUT2D eigenvalue weighted by molar-refractivity contribution is -0.122. The summed E-state index contributed by atoms with van der Waals surface area (Å²) in [5, 5.41) is 2.69. The molecule has 1 fully saturated rings. The summed E-state index contributed by atoms with van der Waals surface area (Å²) in [5.41, 5.74) is 0. The van der Waals surface area contributed by atoms with Crippen molar-refractivity contribution < 1.29 is 17.9 Å². The van der Waals surface area contributed by atoms with Gasteiger partial charge in [0.1, 0.15) is 0 Å². The molecule has 1 rings (SSSR count). The third kappa shape index (κ3) is 6.93. The predicted molar refractivity (Wildman–Crippen MR) is 68.6 cm³/mol. The van der Waals surface area contributed by atoms with Gasteiger partial charge in [0.15, 0.2) is 0 Å². The van der Waals surface area contributed by atoms with Crippen molar-refractivity contribution in [1.29, 1.82) is 0 Å². The molecule has 7 heteroatoms. The maximum absolute atomic E-state index is 11.5. The Morgan fingerprint density at radius 3 is 2.56 bits per heavy atom. The second-order valence-electron chi connectivity index (χ2n) is 4.70. The lowest BCUT2D eigenvalue weighted by Gasteiger charge is -2.09. The molecule has 0 spiro atoms. The highest BCUT2D eigenvalue weighted by atomic mass is 32.2. The van der Waals surface area contributed by atoms with Gasteiger partial charge in [0.25, 0.3) is 0 Å². The average Bonchev–Trinajstić information content (AvgIpc) is 3.06. The zero-order valence-corrected chi connectivity index (χ0v) is 11.8. The van der Waals surface area contributed by atoms with Crippen LogP contribution in [0.1, 0.15) is 26.7 Å². The van der Waals surface area contributed by atoms with E-state index < -0.39 is 10.0 Å². The smallest absolute Gasteiger partial charge is 0.223 e. The van der Waals surface area contributed by atoms with E-state index in [1.54, 1.807) is 0 Å². The first-order valence-electron chi connectivity index (χ1n) is 6.27. The van der Waals surface area contributed by atoms with Gasteiger partial charge >= 0.3 is 0 Å². The molecule has 0 atom stereocenters. The Bertz CT molecular complexity index is 363. The third-order valence-corrected chi connectivity index (χ3v) is 3.85. The van der Waals surface area contributed by atoms with E-state index in [1.165, 1.54) is 0 Å². The van der Waals surface area contributed by atoms with E-state index in [1.807, 2.05) is 13.8 Å². The Morgan fingerprint density at radius 2 is 2.00 bits per heavy atom. The number of hydrogen-bond acceptors (Lipinski definition) is 4. The molecule has 0 unspecified atom stereocenters. The van der Waals surface area contributed by atoms with Crippen molar-refractivity contribution >= 4 is 15.9 Å². The van der Waals surface area contributed by atoms with Crippen molar-refractivity contribution in [2.75, 3.05) is 25.4 Å². The number of ether oxygens (including phenoxy) is 1. The van der Waals surface area contributed by atoms with Crippen LogP contribution in [0.2, 0.25) is 0 Å². The van der Waals surface area contributed by atoms with Crippen LogP contribution in [0.25, 0.3) is 0 Å². The maximum Gasteiger partial charge on any atom is 0.223 e. The van der Waals surface area contributed by atoms with Crippen LogP contribution in [0.4, 0.5) is 0 Å². The van der Waals surface area contributed by atoms with Gasteiger partial charge in [-0.3, -0.25) is 4.79 Å². The lowest BCUT2D eigenvalue weighted by atomic mass is 10.4. The Kier molecular flexibility index (Phi) is 6.04. The molecule has 106 valence electrons. The second kappa shape index (κ2) is 7.06. The fourth-order valence-corrected chi connectivity index (χ4v) is 2.22. The van der Waals surface area contributed by atoms with Gasteiger partial charge in [-0.05, 0) is 26.7 Å². The molecule has 2 N–H and O–H groups in total. The van der Waals surface area contributed by atoms with Crippen LogP contribution < -0.4 is 10.0 Å². The largest absolute Gasteiger partial charge is 0.378 e. The van der Waals surface area contributed by atoms with Gasteiger partial charge in [0, 0.05) is 19.0 Å². The SMILES string of the molecule is CC(C)OCCS(=O)(=O)NCCNC(=O)C1CC1. The summed E-state index contributed by atoms with van der Waals surface area (Å²) in [7, 11) is -3.31. The van der Waals surface area contributed by atoms with E-state index in [-0.39, 0.29) is 36.8 Å². The van der Waals surface area contributed by atoms with Crippen LogP contribution in [0.15, 0.2) is 0 Å². The fraction of sp³-hybridized carbons (Fsp3) is 0.909. The molecule has 0 bridgehead atoms. The number of amides is 1. The number of nitrogens with one attached hydrogen (secondary N) is 2. The molecule has 18 heavy (non-hydrogen) atoms. The molecule has 1 amide bonds. The van der Waals surface area contributed by atoms with E-state index in [4.69, 9.17) is 4.74 Å². The summed E-state index contributed by atoms with van der Waals surface area (Å²) in [6, 6.07) is 0. The quantitative estimate of drug-likeness (QED) is 0.575. The van der Waals surface area contributed by atoms with E-state index in [9.17, 15) is 13.2 Å². The molecule has 0 aliphatic heterocycles. The Balaban J connectivity index is 2.06. The Labute approximate surface area is 109 Å². The van der Waals surface area contributed by atoms with Crippen molar-refractivity contribution in [1.82, 2.24) is 10.0 Å². The molecular weight excluding hydrogens is 256 g/mol. The zero-order valence-electron chi connectivity index (χ0n) is 10.9. The highest BCUT2D eigenvalue weighted by Crippen LogP contribution is 2.28. The standard InChI is InChI=1S/C11H22N2O4S/c1-9(2)17-7-8-18(15,16)13-6-5-12-11(14)10-3-4-10/h9-10,13H,3-8H2,1-2H3,(H,12,14). The van der Waals surface area contributed by atoms with E-state index in [0.29, 0.717) is 6.54 Å². The number of carbonyl (C=O) groups is 1. The molecule has 1 aliphatic rings. The Hall–Kier alpha value is -0.660. The average molecular weight is 278 g/mol.